The SMILES string of the molecule is C[C@@H](C(=O)NCc1ccncc1)N1CCN(c2ccc(F)cc2)CC1. The smallest absolute Gasteiger partial charge is 0.237 e. The minimum atomic E-state index is -0.220. The van der Waals surface area contributed by atoms with E-state index in [1.54, 1.807) is 24.5 Å². The van der Waals surface area contributed by atoms with Crippen LogP contribution in [0, 0.1) is 5.82 Å². The Morgan fingerprint density at radius 3 is 2.40 bits per heavy atom. The highest BCUT2D eigenvalue weighted by molar-refractivity contribution is 5.81. The van der Waals surface area contributed by atoms with Crippen molar-refractivity contribution in [2.45, 2.75) is 19.5 Å². The summed E-state index contributed by atoms with van der Waals surface area (Å²) in [5.41, 5.74) is 2.06. The van der Waals surface area contributed by atoms with Crippen LogP contribution in [0.15, 0.2) is 48.8 Å². The highest BCUT2D eigenvalue weighted by Gasteiger charge is 2.25. The average molecular weight is 342 g/mol. The molecule has 1 aromatic heterocycles. The van der Waals surface area contributed by atoms with Gasteiger partial charge in [-0.25, -0.2) is 4.39 Å². The maximum atomic E-state index is 13.0. The highest BCUT2D eigenvalue weighted by atomic mass is 19.1. The van der Waals surface area contributed by atoms with Crippen molar-refractivity contribution in [3.8, 4) is 0 Å². The molecule has 0 aliphatic carbocycles. The van der Waals surface area contributed by atoms with Gasteiger partial charge in [0.05, 0.1) is 6.04 Å². The van der Waals surface area contributed by atoms with E-state index in [0.717, 1.165) is 37.4 Å². The topological polar surface area (TPSA) is 48.5 Å². The second kappa shape index (κ2) is 8.07. The third-order valence-electron chi connectivity index (χ3n) is 4.65. The van der Waals surface area contributed by atoms with Gasteiger partial charge >= 0.3 is 0 Å². The molecule has 1 saturated heterocycles. The molecule has 0 unspecified atom stereocenters. The van der Waals surface area contributed by atoms with Crippen molar-refractivity contribution in [1.29, 1.82) is 0 Å². The second-order valence-electron chi connectivity index (χ2n) is 6.25. The van der Waals surface area contributed by atoms with Gasteiger partial charge in [-0.1, -0.05) is 0 Å². The first kappa shape index (κ1) is 17.4. The van der Waals surface area contributed by atoms with Crippen molar-refractivity contribution < 1.29 is 9.18 Å². The summed E-state index contributed by atoms with van der Waals surface area (Å²) in [6, 6.07) is 10.2. The van der Waals surface area contributed by atoms with Crippen LogP contribution in [0.5, 0.6) is 0 Å². The van der Waals surface area contributed by atoms with Gasteiger partial charge in [-0.05, 0) is 48.9 Å². The monoisotopic (exact) mass is 342 g/mol. The summed E-state index contributed by atoms with van der Waals surface area (Å²) in [7, 11) is 0. The van der Waals surface area contributed by atoms with Gasteiger partial charge in [0.2, 0.25) is 5.91 Å². The van der Waals surface area contributed by atoms with E-state index in [1.165, 1.54) is 12.1 Å². The van der Waals surface area contributed by atoms with E-state index in [1.807, 2.05) is 19.1 Å². The minimum absolute atomic E-state index is 0.0343. The molecule has 1 aliphatic rings. The van der Waals surface area contributed by atoms with Crippen molar-refractivity contribution >= 4 is 11.6 Å². The molecular formula is C19H23FN4O. The Kier molecular flexibility index (Phi) is 5.60. The Hall–Kier alpha value is -2.47. The molecule has 0 saturated carbocycles. The van der Waals surface area contributed by atoms with Crippen LogP contribution in [0.4, 0.5) is 10.1 Å². The quantitative estimate of drug-likeness (QED) is 0.903. The fourth-order valence-corrected chi connectivity index (χ4v) is 3.02. The average Bonchev–Trinajstić information content (AvgIpc) is 2.67. The number of hydrogen-bond donors (Lipinski definition) is 1. The fraction of sp³-hybridized carbons (Fsp3) is 0.368. The number of piperazine rings is 1. The second-order valence-corrected chi connectivity index (χ2v) is 6.25. The van der Waals surface area contributed by atoms with E-state index < -0.39 is 0 Å². The zero-order chi connectivity index (χ0) is 17.6. The van der Waals surface area contributed by atoms with E-state index in [0.29, 0.717) is 6.54 Å². The van der Waals surface area contributed by atoms with E-state index >= 15 is 0 Å². The summed E-state index contributed by atoms with van der Waals surface area (Å²) >= 11 is 0. The van der Waals surface area contributed by atoms with E-state index in [9.17, 15) is 9.18 Å². The van der Waals surface area contributed by atoms with Gasteiger partial charge < -0.3 is 10.2 Å². The summed E-state index contributed by atoms with van der Waals surface area (Å²) in [5.74, 6) is -0.186. The summed E-state index contributed by atoms with van der Waals surface area (Å²) in [5, 5.41) is 2.98. The molecule has 1 aromatic carbocycles. The van der Waals surface area contributed by atoms with Crippen LogP contribution in [-0.2, 0) is 11.3 Å². The van der Waals surface area contributed by atoms with E-state index in [2.05, 4.69) is 20.1 Å². The molecule has 5 nitrogen and oxygen atoms in total. The van der Waals surface area contributed by atoms with Crippen molar-refractivity contribution in [3.63, 3.8) is 0 Å². The molecule has 0 radical (unpaired) electrons. The maximum Gasteiger partial charge on any atom is 0.237 e. The molecule has 0 spiro atoms. The number of pyridine rings is 1. The molecule has 1 amide bonds. The Bertz CT molecular complexity index is 684. The lowest BCUT2D eigenvalue weighted by molar-refractivity contribution is -0.126. The largest absolute Gasteiger partial charge is 0.369 e. The molecular weight excluding hydrogens is 319 g/mol. The minimum Gasteiger partial charge on any atom is -0.369 e. The number of carbonyl (C=O) groups is 1. The lowest BCUT2D eigenvalue weighted by atomic mass is 10.2. The molecule has 3 rings (SSSR count). The molecule has 6 heteroatoms. The molecule has 25 heavy (non-hydrogen) atoms. The van der Waals surface area contributed by atoms with Gasteiger partial charge in [-0.2, -0.15) is 0 Å². The van der Waals surface area contributed by atoms with Crippen LogP contribution in [0.3, 0.4) is 0 Å². The van der Waals surface area contributed by atoms with Crippen LogP contribution in [0.1, 0.15) is 12.5 Å². The molecule has 2 heterocycles. The first-order chi connectivity index (χ1) is 12.1. The van der Waals surface area contributed by atoms with Crippen LogP contribution >= 0.6 is 0 Å². The summed E-state index contributed by atoms with van der Waals surface area (Å²) < 4.78 is 13.0. The molecule has 1 N–H and O–H groups in total. The number of nitrogens with one attached hydrogen (secondary N) is 1. The third-order valence-corrected chi connectivity index (χ3v) is 4.65. The standard InChI is InChI=1S/C19H23FN4O/c1-15(19(25)22-14-16-6-8-21-9-7-16)23-10-12-24(13-11-23)18-4-2-17(20)3-5-18/h2-9,15H,10-14H2,1H3,(H,22,25)/t15-/m0/s1. The Morgan fingerprint density at radius 2 is 1.76 bits per heavy atom. The van der Waals surface area contributed by atoms with E-state index in [4.69, 9.17) is 0 Å². The number of nitrogens with zero attached hydrogens (tertiary/aromatic N) is 3. The number of benzene rings is 1. The fourth-order valence-electron chi connectivity index (χ4n) is 3.02. The Balaban J connectivity index is 1.48. The molecule has 1 fully saturated rings. The molecule has 2 aromatic rings. The Labute approximate surface area is 147 Å². The molecule has 132 valence electrons. The van der Waals surface area contributed by atoms with Gasteiger partial charge in [0.15, 0.2) is 0 Å². The molecule has 1 aliphatic heterocycles. The summed E-state index contributed by atoms with van der Waals surface area (Å²) in [6.45, 7) is 5.72. The van der Waals surface area contributed by atoms with Crippen molar-refractivity contribution in [1.82, 2.24) is 15.2 Å². The number of carbonyl (C=O) groups excluding carboxylic acids is 1. The van der Waals surface area contributed by atoms with Gasteiger partial charge in [0, 0.05) is 50.8 Å². The van der Waals surface area contributed by atoms with Gasteiger partial charge in [-0.3, -0.25) is 14.7 Å². The van der Waals surface area contributed by atoms with Crippen molar-refractivity contribution in [3.05, 3.63) is 60.2 Å². The van der Waals surface area contributed by atoms with Crippen LogP contribution < -0.4 is 10.2 Å². The zero-order valence-corrected chi connectivity index (χ0v) is 14.4. The number of hydrogen-bond acceptors (Lipinski definition) is 4. The number of aromatic nitrogens is 1. The van der Waals surface area contributed by atoms with Crippen molar-refractivity contribution in [2.75, 3.05) is 31.1 Å². The third kappa shape index (κ3) is 4.54. The molecule has 0 bridgehead atoms. The normalized spacial score (nSPS) is 16.5. The van der Waals surface area contributed by atoms with E-state index in [-0.39, 0.29) is 17.8 Å². The summed E-state index contributed by atoms with van der Waals surface area (Å²) in [6.07, 6.45) is 3.44. The first-order valence-electron chi connectivity index (χ1n) is 8.54. The maximum absolute atomic E-state index is 13.0. The first-order valence-corrected chi connectivity index (χ1v) is 8.54. The number of anilines is 1. The lowest BCUT2D eigenvalue weighted by Gasteiger charge is -2.38. The predicted molar refractivity (Wildman–Crippen MR) is 95.7 cm³/mol. The summed E-state index contributed by atoms with van der Waals surface area (Å²) in [4.78, 5) is 20.8. The van der Waals surface area contributed by atoms with Crippen molar-refractivity contribution in [2.24, 2.45) is 0 Å². The molecule has 1 atom stereocenters. The van der Waals surface area contributed by atoms with Gasteiger partial charge in [0.1, 0.15) is 5.82 Å². The predicted octanol–water partition coefficient (Wildman–Crippen LogP) is 2.05. The van der Waals surface area contributed by atoms with Gasteiger partial charge in [0.25, 0.3) is 0 Å². The number of amides is 1. The Morgan fingerprint density at radius 1 is 1.12 bits per heavy atom. The zero-order valence-electron chi connectivity index (χ0n) is 14.4. The van der Waals surface area contributed by atoms with Gasteiger partial charge in [-0.15, -0.1) is 0 Å². The number of rotatable bonds is 5. The van der Waals surface area contributed by atoms with Crippen LogP contribution in [0.2, 0.25) is 0 Å². The lowest BCUT2D eigenvalue weighted by Crippen LogP contribution is -2.53. The number of halogens is 1. The highest BCUT2D eigenvalue weighted by Crippen LogP contribution is 2.17. The van der Waals surface area contributed by atoms with Crippen LogP contribution in [0.25, 0.3) is 0 Å². The van der Waals surface area contributed by atoms with Crippen LogP contribution in [-0.4, -0.2) is 48.0 Å².